The Hall–Kier alpha value is -8.40. The van der Waals surface area contributed by atoms with Crippen molar-refractivity contribution in [3.05, 3.63) is 166 Å². The van der Waals surface area contributed by atoms with Crippen LogP contribution in [0.5, 0.6) is 46.0 Å². The molecule has 6 rings (SSSR count). The Morgan fingerprint density at radius 2 is 0.806 bits per heavy atom. The molecule has 0 aliphatic heterocycles. The highest BCUT2D eigenvalue weighted by molar-refractivity contribution is 6.00. The van der Waals surface area contributed by atoms with Crippen LogP contribution in [-0.2, 0) is 35.6 Å². The van der Waals surface area contributed by atoms with Gasteiger partial charge in [0.15, 0.2) is 0 Å². The number of ether oxygens (including phenoxy) is 2. The molecule has 0 saturated heterocycles. The lowest BCUT2D eigenvalue weighted by atomic mass is 10.1. The van der Waals surface area contributed by atoms with Gasteiger partial charge < -0.3 is 40.1 Å². The van der Waals surface area contributed by atoms with Crippen LogP contribution in [0.4, 0.5) is 0 Å². The molecule has 0 atom stereocenters. The third kappa shape index (κ3) is 13.3. The van der Waals surface area contributed by atoms with Crippen molar-refractivity contribution in [1.29, 1.82) is 0 Å². The first-order chi connectivity index (χ1) is 29.6. The lowest BCUT2D eigenvalue weighted by Gasteiger charge is -2.14. The number of hydrogen-bond donors (Lipinski definition) is 10. The van der Waals surface area contributed by atoms with E-state index in [1.165, 1.54) is 31.2 Å². The molecule has 0 bridgehead atoms. The quantitative estimate of drug-likeness (QED) is 0.0696. The van der Waals surface area contributed by atoms with Crippen LogP contribution < -0.4 is 31.2 Å². The first-order valence-electron chi connectivity index (χ1n) is 18.9. The van der Waals surface area contributed by atoms with E-state index >= 15 is 0 Å². The minimum Gasteiger partial charge on any atom is -0.508 e. The molecular weight excluding hydrogens is 801 g/mol. The predicted molar refractivity (Wildman–Crippen MR) is 225 cm³/mol. The number of carbonyl (C=O) groups is 4. The minimum absolute atomic E-state index is 0.0454. The number of amides is 4. The fraction of sp³-hybridized carbons (Fsp3) is 0.130. The summed E-state index contributed by atoms with van der Waals surface area (Å²) in [5.74, 6) is -3.00. The topological polar surface area (TPSA) is 256 Å². The first kappa shape index (κ1) is 44.7. The third-order valence-electron chi connectivity index (χ3n) is 8.81. The molecule has 0 spiro atoms. The van der Waals surface area contributed by atoms with Crippen LogP contribution in [0.25, 0.3) is 0 Å². The van der Waals surface area contributed by atoms with Crippen LogP contribution in [0.3, 0.4) is 0 Å². The highest BCUT2D eigenvalue weighted by atomic mass is 16.5. The van der Waals surface area contributed by atoms with Gasteiger partial charge in [-0.1, -0.05) is 60.7 Å². The third-order valence-corrected chi connectivity index (χ3v) is 8.81. The van der Waals surface area contributed by atoms with Gasteiger partial charge in [0.05, 0.1) is 24.0 Å². The molecule has 0 aromatic heterocycles. The summed E-state index contributed by atoms with van der Waals surface area (Å²) in [7, 11) is 0. The number of rotatable bonds is 12. The molecule has 0 heterocycles. The van der Waals surface area contributed by atoms with E-state index in [1.807, 2.05) is 60.7 Å². The van der Waals surface area contributed by atoms with Gasteiger partial charge in [0, 0.05) is 24.3 Å². The molecule has 10 N–H and O–H groups in total. The molecule has 320 valence electrons. The van der Waals surface area contributed by atoms with E-state index in [9.17, 15) is 49.8 Å². The van der Waals surface area contributed by atoms with Crippen molar-refractivity contribution < 1.29 is 59.3 Å². The number of phenolic OH excluding ortho intramolecular Hbond substituents is 6. The second kappa shape index (κ2) is 21.0. The maximum absolute atomic E-state index is 12.6. The van der Waals surface area contributed by atoms with E-state index < -0.39 is 35.1 Å². The average Bonchev–Trinajstić information content (AvgIpc) is 3.20. The maximum Gasteiger partial charge on any atom is 0.273 e. The monoisotopic (exact) mass is 844 g/mol. The summed E-state index contributed by atoms with van der Waals surface area (Å²) in [5.41, 5.74) is 12.5. The van der Waals surface area contributed by atoms with Crippen molar-refractivity contribution in [3.8, 4) is 46.0 Å². The molecule has 6 aromatic rings. The molecule has 0 fully saturated rings. The molecule has 16 heteroatoms. The van der Waals surface area contributed by atoms with Crippen LogP contribution in [0.1, 0.15) is 54.1 Å². The van der Waals surface area contributed by atoms with Crippen LogP contribution in [0.2, 0.25) is 0 Å². The van der Waals surface area contributed by atoms with Crippen molar-refractivity contribution in [2.75, 3.05) is 0 Å². The molecule has 16 nitrogen and oxygen atoms in total. The van der Waals surface area contributed by atoms with E-state index in [0.29, 0.717) is 47.0 Å². The number of nitrogens with one attached hydrogen (secondary N) is 4. The van der Waals surface area contributed by atoms with E-state index in [1.54, 1.807) is 25.1 Å². The molecule has 0 unspecified atom stereocenters. The number of hydrogen-bond acceptors (Lipinski definition) is 12. The summed E-state index contributed by atoms with van der Waals surface area (Å²) in [6.07, 6.45) is -0.256. The number of carbonyl (C=O) groups excluding carboxylic acids is 4. The van der Waals surface area contributed by atoms with Crippen LogP contribution in [0.15, 0.2) is 121 Å². The number of aryl methyl sites for hydroxylation is 2. The Morgan fingerprint density at radius 3 is 1.19 bits per heavy atom. The summed E-state index contributed by atoms with van der Waals surface area (Å²) in [4.78, 5) is 49.0. The fourth-order valence-electron chi connectivity index (χ4n) is 6.07. The van der Waals surface area contributed by atoms with Crippen LogP contribution in [0, 0.1) is 13.8 Å². The average molecular weight is 845 g/mol. The predicted octanol–water partition coefficient (Wildman–Crippen LogP) is 5.39. The molecule has 6 aromatic carbocycles. The molecule has 0 radical (unpaired) electrons. The highest BCUT2D eigenvalue weighted by Crippen LogP contribution is 2.28. The molecule has 0 aliphatic carbocycles. The van der Waals surface area contributed by atoms with Crippen molar-refractivity contribution in [2.45, 2.75) is 39.9 Å². The van der Waals surface area contributed by atoms with Gasteiger partial charge >= 0.3 is 0 Å². The zero-order valence-electron chi connectivity index (χ0n) is 33.5. The molecule has 0 aliphatic rings. The molecule has 0 saturated carbocycles. The second-order valence-corrected chi connectivity index (χ2v) is 13.9. The van der Waals surface area contributed by atoms with Crippen molar-refractivity contribution in [3.63, 3.8) is 0 Å². The fourth-order valence-corrected chi connectivity index (χ4v) is 6.07. The van der Waals surface area contributed by atoms with Gasteiger partial charge in [-0.2, -0.15) is 0 Å². The Bertz CT molecular complexity index is 2420. The SMILES string of the molecule is Cc1cc(O)cc(O)c1C(=O)NNC(=O)Cc1cc(O)cc(O)c1.Cc1cc(O)cc(O)c1C(=O)NNC(=O)Cc1cc(OCc2ccccc2)cc(OCc2ccccc2)c1. The largest absolute Gasteiger partial charge is 0.508 e. The number of hydrazine groups is 2. The number of phenols is 6. The van der Waals surface area contributed by atoms with E-state index in [2.05, 4.69) is 21.7 Å². The summed E-state index contributed by atoms with van der Waals surface area (Å²) in [6, 6.07) is 33.1. The van der Waals surface area contributed by atoms with Gasteiger partial charge in [-0.3, -0.25) is 40.9 Å². The van der Waals surface area contributed by atoms with Crippen molar-refractivity contribution >= 4 is 23.6 Å². The van der Waals surface area contributed by atoms with Gasteiger partial charge in [-0.05, 0) is 83.6 Å². The Morgan fingerprint density at radius 1 is 0.435 bits per heavy atom. The number of aromatic hydroxyl groups is 6. The lowest BCUT2D eigenvalue weighted by Crippen LogP contribution is -2.42. The van der Waals surface area contributed by atoms with Gasteiger partial charge in [0.2, 0.25) is 11.8 Å². The van der Waals surface area contributed by atoms with Crippen molar-refractivity contribution in [2.24, 2.45) is 0 Å². The van der Waals surface area contributed by atoms with Crippen LogP contribution in [-0.4, -0.2) is 54.3 Å². The Kier molecular flexibility index (Phi) is 15.2. The zero-order chi connectivity index (χ0) is 44.8. The second-order valence-electron chi connectivity index (χ2n) is 13.9. The zero-order valence-corrected chi connectivity index (χ0v) is 33.5. The molecular formula is C46H44N4O12. The van der Waals surface area contributed by atoms with Gasteiger partial charge in [0.25, 0.3) is 11.8 Å². The smallest absolute Gasteiger partial charge is 0.273 e. The van der Waals surface area contributed by atoms with E-state index in [-0.39, 0.29) is 47.0 Å². The number of benzene rings is 6. The molecule has 4 amide bonds. The Labute approximate surface area is 355 Å². The lowest BCUT2D eigenvalue weighted by molar-refractivity contribution is -0.122. The Balaban J connectivity index is 0.000000260. The standard InChI is InChI=1S/C30H28N2O6.C16H16N2O6/c1-20-12-24(33)16-27(34)29(20)30(36)32-31-28(35)15-23-13-25(37-18-21-8-4-2-5-9-21)17-26(14-23)38-19-22-10-6-3-7-11-22;1-8-2-10(19)7-13(22)15(8)16(24)18-17-14(23)5-9-3-11(20)6-12(21)4-9/h2-14,16-17,33-34H,15,18-19H2,1H3,(H,31,35)(H,32,36);2-4,6-7,19-22H,5H2,1H3,(H,17,23)(H,18,24). The highest BCUT2D eigenvalue weighted by Gasteiger charge is 2.18. The molecule has 62 heavy (non-hydrogen) atoms. The summed E-state index contributed by atoms with van der Waals surface area (Å²) in [5, 5.41) is 57.3. The minimum atomic E-state index is -0.753. The summed E-state index contributed by atoms with van der Waals surface area (Å²) < 4.78 is 11.9. The van der Waals surface area contributed by atoms with Crippen LogP contribution >= 0.6 is 0 Å². The maximum atomic E-state index is 12.6. The normalized spacial score (nSPS) is 10.4. The van der Waals surface area contributed by atoms with E-state index in [4.69, 9.17) is 9.47 Å². The van der Waals surface area contributed by atoms with E-state index in [0.717, 1.165) is 29.3 Å². The van der Waals surface area contributed by atoms with Gasteiger partial charge in [0.1, 0.15) is 59.2 Å². The van der Waals surface area contributed by atoms with Gasteiger partial charge in [-0.15, -0.1) is 0 Å². The summed E-state index contributed by atoms with van der Waals surface area (Å²) in [6.45, 7) is 3.78. The summed E-state index contributed by atoms with van der Waals surface area (Å²) >= 11 is 0. The van der Waals surface area contributed by atoms with Gasteiger partial charge in [-0.25, -0.2) is 0 Å². The van der Waals surface area contributed by atoms with Crippen molar-refractivity contribution in [1.82, 2.24) is 21.7 Å². The first-order valence-corrected chi connectivity index (χ1v) is 18.9.